The minimum Gasteiger partial charge on any atom is -0.343 e. The molecular weight excluding hydrogens is 556 g/mol. The molecule has 3 aromatic rings. The van der Waals surface area contributed by atoms with Crippen LogP contribution in [-0.2, 0) is 25.2 Å². The molecule has 2 aromatic carbocycles. The quantitative estimate of drug-likeness (QED) is 0.366. The molecule has 2 N–H and O–H groups in total. The van der Waals surface area contributed by atoms with E-state index in [4.69, 9.17) is 4.98 Å². The van der Waals surface area contributed by atoms with E-state index in [-0.39, 0.29) is 35.6 Å². The van der Waals surface area contributed by atoms with Gasteiger partial charge < -0.3 is 15.5 Å². The van der Waals surface area contributed by atoms with E-state index in [1.165, 1.54) is 24.0 Å². The smallest absolute Gasteiger partial charge is 0.246 e. The molecule has 2 amide bonds. The van der Waals surface area contributed by atoms with Gasteiger partial charge in [-0.25, -0.2) is 13.4 Å². The summed E-state index contributed by atoms with van der Waals surface area (Å²) in [6.07, 6.45) is 8.13. The molecule has 0 radical (unpaired) electrons. The van der Waals surface area contributed by atoms with Crippen LogP contribution in [0.15, 0.2) is 41.8 Å². The number of nitrogens with one attached hydrogen (secondary N) is 2. The van der Waals surface area contributed by atoms with Gasteiger partial charge in [0.15, 0.2) is 9.84 Å². The van der Waals surface area contributed by atoms with E-state index >= 15 is 0 Å². The number of likely N-dealkylation sites (N-methyl/N-ethyl adjacent to an activating group) is 1. The highest BCUT2D eigenvalue weighted by molar-refractivity contribution is 7.89. The zero-order valence-corrected chi connectivity index (χ0v) is 25.7. The molecule has 41 heavy (non-hydrogen) atoms. The van der Waals surface area contributed by atoms with E-state index in [0.717, 1.165) is 71.1 Å². The van der Waals surface area contributed by atoms with E-state index in [9.17, 15) is 18.0 Å². The molecule has 8 nitrogen and oxygen atoms in total. The Morgan fingerprint density at radius 1 is 1.07 bits per heavy atom. The molecule has 3 atom stereocenters. The van der Waals surface area contributed by atoms with Gasteiger partial charge in [0, 0.05) is 23.7 Å². The van der Waals surface area contributed by atoms with Gasteiger partial charge >= 0.3 is 0 Å². The molecule has 1 saturated heterocycles. The van der Waals surface area contributed by atoms with Crippen LogP contribution in [-0.4, -0.2) is 62.0 Å². The summed E-state index contributed by atoms with van der Waals surface area (Å²) >= 11 is 1.52. The second-order valence-electron chi connectivity index (χ2n) is 11.5. The monoisotopic (exact) mass is 596 g/mol. The molecule has 1 aliphatic carbocycles. The summed E-state index contributed by atoms with van der Waals surface area (Å²) in [6, 6.07) is 10.7. The Kier molecular flexibility index (Phi) is 9.11. The summed E-state index contributed by atoms with van der Waals surface area (Å²) in [7, 11) is -1.51. The van der Waals surface area contributed by atoms with Crippen molar-refractivity contribution in [2.45, 2.75) is 75.7 Å². The van der Waals surface area contributed by atoms with E-state index in [2.05, 4.69) is 10.6 Å². The van der Waals surface area contributed by atoms with Crippen molar-refractivity contribution >= 4 is 43.8 Å². The van der Waals surface area contributed by atoms with Gasteiger partial charge in [-0.2, -0.15) is 0 Å². The molecule has 220 valence electrons. The number of sulfone groups is 1. The third kappa shape index (κ3) is 6.65. The number of hydrogen-bond donors (Lipinski definition) is 2. The minimum atomic E-state index is -3.26. The van der Waals surface area contributed by atoms with Gasteiger partial charge in [-0.15, -0.1) is 11.3 Å². The lowest BCUT2D eigenvalue weighted by Gasteiger charge is -2.35. The number of fused-ring (bicyclic) bond motifs is 1. The summed E-state index contributed by atoms with van der Waals surface area (Å²) < 4.78 is 24.6. The van der Waals surface area contributed by atoms with Gasteiger partial charge in [-0.3, -0.25) is 9.59 Å². The topological polar surface area (TPSA) is 108 Å². The summed E-state index contributed by atoms with van der Waals surface area (Å²) in [5, 5.41) is 10.9. The predicted octanol–water partition coefficient (Wildman–Crippen LogP) is 4.84. The Hall–Kier alpha value is -2.82. The highest BCUT2D eigenvalue weighted by Crippen LogP contribution is 2.40. The van der Waals surface area contributed by atoms with Crippen LogP contribution in [0.25, 0.3) is 22.0 Å². The summed E-state index contributed by atoms with van der Waals surface area (Å²) in [5.74, 6) is -0.109. The SMILES string of the molecule is CN[C@@H](C)C(=O)N[C@H](C(=O)N1CCC[C@H]1c1nc(-c2c(CS(C)(=O)=O)ccc3ccccc23)cs1)C1CCCCC1. The lowest BCUT2D eigenvalue weighted by molar-refractivity contribution is -0.139. The van der Waals surface area contributed by atoms with E-state index in [1.54, 1.807) is 14.0 Å². The van der Waals surface area contributed by atoms with Crippen molar-refractivity contribution in [3.63, 3.8) is 0 Å². The first-order chi connectivity index (χ1) is 19.7. The molecule has 2 heterocycles. The lowest BCUT2D eigenvalue weighted by Crippen LogP contribution is -2.55. The van der Waals surface area contributed by atoms with E-state index < -0.39 is 15.9 Å². The maximum absolute atomic E-state index is 14.1. The number of nitrogens with zero attached hydrogens (tertiary/aromatic N) is 2. The largest absolute Gasteiger partial charge is 0.343 e. The van der Waals surface area contributed by atoms with Crippen molar-refractivity contribution in [1.82, 2.24) is 20.5 Å². The first-order valence-electron chi connectivity index (χ1n) is 14.6. The number of carbonyl (C=O) groups excluding carboxylic acids is 2. The van der Waals surface area contributed by atoms with Gasteiger partial charge in [0.1, 0.15) is 11.0 Å². The van der Waals surface area contributed by atoms with Crippen LogP contribution in [0.2, 0.25) is 0 Å². The number of hydrogen-bond acceptors (Lipinski definition) is 7. The van der Waals surface area contributed by atoms with Gasteiger partial charge in [-0.05, 0) is 61.9 Å². The number of amides is 2. The zero-order valence-electron chi connectivity index (χ0n) is 24.1. The summed E-state index contributed by atoms with van der Waals surface area (Å²) in [4.78, 5) is 34.0. The number of rotatable bonds is 9. The van der Waals surface area contributed by atoms with E-state index in [1.807, 2.05) is 46.7 Å². The second-order valence-corrected chi connectivity index (χ2v) is 14.6. The Labute approximate surface area is 246 Å². The molecule has 1 aliphatic heterocycles. The molecular formula is C31H40N4O4S2. The van der Waals surface area contributed by atoms with Crippen molar-refractivity contribution in [1.29, 1.82) is 0 Å². The Morgan fingerprint density at radius 2 is 1.83 bits per heavy atom. The van der Waals surface area contributed by atoms with Crippen LogP contribution >= 0.6 is 11.3 Å². The molecule has 0 bridgehead atoms. The van der Waals surface area contributed by atoms with Crippen LogP contribution in [0.5, 0.6) is 0 Å². The van der Waals surface area contributed by atoms with Crippen molar-refractivity contribution in [3.8, 4) is 11.3 Å². The Balaban J connectivity index is 1.46. The Bertz CT molecular complexity index is 1510. The number of benzene rings is 2. The normalized spacial score (nSPS) is 19.8. The summed E-state index contributed by atoms with van der Waals surface area (Å²) in [6.45, 7) is 2.44. The van der Waals surface area contributed by atoms with Crippen LogP contribution in [0.4, 0.5) is 0 Å². The van der Waals surface area contributed by atoms with Crippen molar-refractivity contribution in [3.05, 3.63) is 52.3 Å². The maximum Gasteiger partial charge on any atom is 0.246 e. The molecule has 0 unspecified atom stereocenters. The fourth-order valence-electron chi connectivity index (χ4n) is 6.30. The predicted molar refractivity (Wildman–Crippen MR) is 164 cm³/mol. The molecule has 1 aromatic heterocycles. The molecule has 10 heteroatoms. The number of thiazole rings is 1. The van der Waals surface area contributed by atoms with Crippen molar-refractivity contribution in [2.75, 3.05) is 19.8 Å². The van der Waals surface area contributed by atoms with Gasteiger partial charge in [-0.1, -0.05) is 55.7 Å². The zero-order chi connectivity index (χ0) is 29.1. The van der Waals surface area contributed by atoms with Crippen molar-refractivity contribution in [2.24, 2.45) is 5.92 Å². The van der Waals surface area contributed by atoms with Crippen LogP contribution < -0.4 is 10.6 Å². The first-order valence-corrected chi connectivity index (χ1v) is 17.5. The van der Waals surface area contributed by atoms with Crippen LogP contribution in [0, 0.1) is 5.92 Å². The van der Waals surface area contributed by atoms with Gasteiger partial charge in [0.2, 0.25) is 11.8 Å². The van der Waals surface area contributed by atoms with Crippen molar-refractivity contribution < 1.29 is 18.0 Å². The third-order valence-corrected chi connectivity index (χ3v) is 10.3. The summed E-state index contributed by atoms with van der Waals surface area (Å²) in [5.41, 5.74) is 2.29. The van der Waals surface area contributed by atoms with E-state index in [0.29, 0.717) is 6.54 Å². The fourth-order valence-corrected chi connectivity index (χ4v) is 8.06. The lowest BCUT2D eigenvalue weighted by atomic mass is 9.83. The average molecular weight is 597 g/mol. The second kappa shape index (κ2) is 12.6. The third-order valence-electron chi connectivity index (χ3n) is 8.54. The Morgan fingerprint density at radius 3 is 2.56 bits per heavy atom. The van der Waals surface area contributed by atoms with Gasteiger partial charge in [0.25, 0.3) is 0 Å². The van der Waals surface area contributed by atoms with Crippen LogP contribution in [0.1, 0.15) is 68.5 Å². The fraction of sp³-hybridized carbons (Fsp3) is 0.516. The molecule has 1 saturated carbocycles. The minimum absolute atomic E-state index is 0.0178. The standard InChI is InChI=1S/C31H40N4O4S2/c1-20(32-2)29(36)34-28(22-11-5-4-6-12-22)31(37)35-17-9-14-26(35)30-33-25(18-40-30)27-23(19-41(3,38)39)16-15-21-10-7-8-13-24(21)27/h7-8,10,13,15-16,18,20,22,26,28,32H,4-6,9,11-12,14,17,19H2,1-3H3,(H,34,36)/t20-,26-,28-/m0/s1. The average Bonchev–Trinajstić information content (AvgIpc) is 3.64. The number of carbonyl (C=O) groups is 2. The molecule has 5 rings (SSSR count). The maximum atomic E-state index is 14.1. The highest BCUT2D eigenvalue weighted by Gasteiger charge is 2.40. The first kappa shape index (κ1) is 29.7. The van der Waals surface area contributed by atoms with Gasteiger partial charge in [0.05, 0.1) is 23.5 Å². The number of likely N-dealkylation sites (tertiary alicyclic amines) is 1. The molecule has 2 aliphatic rings. The molecule has 0 spiro atoms. The van der Waals surface area contributed by atoms with Crippen LogP contribution in [0.3, 0.4) is 0 Å². The highest BCUT2D eigenvalue weighted by atomic mass is 32.2. The number of aromatic nitrogens is 1. The molecule has 2 fully saturated rings.